The number of amides is 1. The third-order valence-corrected chi connectivity index (χ3v) is 10.6. The maximum atomic E-state index is 14.7. The molecule has 0 unspecified atom stereocenters. The Kier molecular flexibility index (Phi) is 7.68. The Morgan fingerprint density at radius 2 is 1.83 bits per heavy atom. The Labute approximate surface area is 281 Å². The number of carbonyl (C=O) groups is 1. The van der Waals surface area contributed by atoms with Gasteiger partial charge in [-0.25, -0.2) is 9.18 Å². The number of hydrogen-bond acceptors (Lipinski definition) is 7. The van der Waals surface area contributed by atoms with Crippen molar-refractivity contribution in [2.75, 3.05) is 19.8 Å². The number of benzene rings is 1. The fourth-order valence-corrected chi connectivity index (χ4v) is 7.99. The summed E-state index contributed by atoms with van der Waals surface area (Å²) < 4.78 is 27.4. The minimum Gasteiger partial charge on any atom is -0.408 e. The average molecular weight is 668 g/mol. The SMILES string of the molecule is Cc1cc(-c2c(CCC3CCOCC3)nc3c(c2-c2ccc4c(c2)oc(=O)n4Cc2ncc(Cl)cc2F)C(=O)N2CCC[C@@]32C)ccn1. The van der Waals surface area contributed by atoms with E-state index in [0.29, 0.717) is 29.1 Å². The Morgan fingerprint density at radius 1 is 1.02 bits per heavy atom. The molecule has 3 aliphatic heterocycles. The molecule has 0 aliphatic carbocycles. The molecule has 0 bridgehead atoms. The Bertz CT molecular complexity index is 2160. The van der Waals surface area contributed by atoms with Crippen LogP contribution in [0.4, 0.5) is 4.39 Å². The van der Waals surface area contributed by atoms with Crippen molar-refractivity contribution in [1.29, 1.82) is 0 Å². The number of carbonyl (C=O) groups excluding carboxylic acids is 1. The van der Waals surface area contributed by atoms with Gasteiger partial charge in [-0.2, -0.15) is 0 Å². The van der Waals surface area contributed by atoms with Crippen molar-refractivity contribution in [3.05, 3.63) is 98.5 Å². The summed E-state index contributed by atoms with van der Waals surface area (Å²) in [6, 6.07) is 10.7. The molecule has 1 aromatic carbocycles. The summed E-state index contributed by atoms with van der Waals surface area (Å²) in [5.74, 6) is -0.732. The van der Waals surface area contributed by atoms with Crippen molar-refractivity contribution in [1.82, 2.24) is 24.4 Å². The van der Waals surface area contributed by atoms with Crippen molar-refractivity contribution < 1.29 is 18.3 Å². The molecule has 9 nitrogen and oxygen atoms in total. The van der Waals surface area contributed by atoms with Crippen LogP contribution < -0.4 is 5.76 Å². The molecule has 4 aromatic heterocycles. The van der Waals surface area contributed by atoms with Crippen LogP contribution in [0.15, 0.2) is 58.0 Å². The van der Waals surface area contributed by atoms with E-state index in [2.05, 4.69) is 16.9 Å². The summed E-state index contributed by atoms with van der Waals surface area (Å²) in [6.07, 6.45) is 8.66. The third-order valence-electron chi connectivity index (χ3n) is 10.3. The standard InChI is InChI=1S/C37H35ClFN5O4/c1-21-16-24(8-12-40-21)31-27(6-4-22-9-14-47-15-10-22)42-34-33(35(45)44-13-3-11-37(34,44)2)32(31)23-5-7-29-30(17-23)48-36(46)43(29)20-28-26(39)18-25(38)19-41-28/h5,7-8,12,16-19,22H,3-4,6,9-11,13-15,20H2,1-2H3/t37-/m0/s1. The monoisotopic (exact) mass is 667 g/mol. The fraction of sp³-hybridized carbons (Fsp3) is 0.378. The van der Waals surface area contributed by atoms with Crippen LogP contribution in [-0.4, -0.2) is 50.1 Å². The minimum absolute atomic E-state index is 0.0288. The van der Waals surface area contributed by atoms with Gasteiger partial charge in [0.05, 0.1) is 39.6 Å². The molecule has 2 saturated heterocycles. The molecule has 7 heterocycles. The molecule has 0 radical (unpaired) electrons. The molecule has 3 aliphatic rings. The fourth-order valence-electron chi connectivity index (χ4n) is 7.84. The molecule has 0 N–H and O–H groups in total. The first kappa shape index (κ1) is 30.9. The van der Waals surface area contributed by atoms with Crippen LogP contribution in [0, 0.1) is 18.7 Å². The molecule has 5 aromatic rings. The van der Waals surface area contributed by atoms with Crippen molar-refractivity contribution in [2.45, 2.75) is 64.5 Å². The van der Waals surface area contributed by atoms with Crippen molar-refractivity contribution >= 4 is 28.6 Å². The van der Waals surface area contributed by atoms with Gasteiger partial charge in [0.2, 0.25) is 0 Å². The number of fused-ring (bicyclic) bond motifs is 4. The van der Waals surface area contributed by atoms with Gasteiger partial charge in [-0.05, 0) is 99.7 Å². The second-order valence-electron chi connectivity index (χ2n) is 13.4. The average Bonchev–Trinajstić information content (AvgIpc) is 3.69. The van der Waals surface area contributed by atoms with Gasteiger partial charge in [-0.1, -0.05) is 17.7 Å². The highest BCUT2D eigenvalue weighted by Crippen LogP contribution is 2.51. The van der Waals surface area contributed by atoms with E-state index in [9.17, 15) is 14.0 Å². The van der Waals surface area contributed by atoms with Gasteiger partial charge in [-0.3, -0.25) is 24.3 Å². The number of oxazole rings is 1. The van der Waals surface area contributed by atoms with E-state index in [1.165, 1.54) is 16.8 Å². The van der Waals surface area contributed by atoms with Crippen LogP contribution in [0.3, 0.4) is 0 Å². The highest BCUT2D eigenvalue weighted by atomic mass is 35.5. The first-order valence-corrected chi connectivity index (χ1v) is 16.9. The summed E-state index contributed by atoms with van der Waals surface area (Å²) in [5.41, 5.74) is 7.00. The molecule has 0 saturated carbocycles. The molecule has 8 rings (SSSR count). The van der Waals surface area contributed by atoms with Crippen LogP contribution in [0.1, 0.15) is 72.2 Å². The van der Waals surface area contributed by atoms with Crippen LogP contribution in [-0.2, 0) is 23.2 Å². The van der Waals surface area contributed by atoms with Gasteiger partial charge < -0.3 is 14.1 Å². The van der Waals surface area contributed by atoms with Gasteiger partial charge in [0.15, 0.2) is 5.58 Å². The van der Waals surface area contributed by atoms with Crippen LogP contribution in [0.5, 0.6) is 0 Å². The topological polar surface area (TPSA) is 103 Å². The summed E-state index contributed by atoms with van der Waals surface area (Å²) in [5, 5.41) is 0.173. The largest absolute Gasteiger partial charge is 0.420 e. The van der Waals surface area contributed by atoms with Crippen LogP contribution in [0.2, 0.25) is 5.02 Å². The lowest BCUT2D eigenvalue weighted by atomic mass is 9.84. The zero-order chi connectivity index (χ0) is 33.2. The van der Waals surface area contributed by atoms with Crippen LogP contribution in [0.25, 0.3) is 33.4 Å². The zero-order valence-corrected chi connectivity index (χ0v) is 27.6. The number of nitrogens with zero attached hydrogens (tertiary/aromatic N) is 5. The molecule has 0 spiro atoms. The van der Waals surface area contributed by atoms with Crippen LogP contribution >= 0.6 is 11.6 Å². The Hall–Kier alpha value is -4.41. The number of rotatable bonds is 7. The second-order valence-corrected chi connectivity index (χ2v) is 13.8. The van der Waals surface area contributed by atoms with E-state index in [4.69, 9.17) is 25.7 Å². The van der Waals surface area contributed by atoms with Gasteiger partial charge in [0.1, 0.15) is 5.82 Å². The predicted molar refractivity (Wildman–Crippen MR) is 179 cm³/mol. The van der Waals surface area contributed by atoms with E-state index < -0.39 is 17.1 Å². The molecule has 11 heteroatoms. The molecular weight excluding hydrogens is 633 g/mol. The van der Waals surface area contributed by atoms with E-state index in [1.807, 2.05) is 36.1 Å². The zero-order valence-electron chi connectivity index (χ0n) is 26.9. The molecular formula is C37H35ClFN5O4. The Balaban J connectivity index is 1.33. The molecule has 1 atom stereocenters. The second kappa shape index (κ2) is 11.9. The first-order valence-electron chi connectivity index (χ1n) is 16.5. The number of ether oxygens (including phenoxy) is 1. The highest BCUT2D eigenvalue weighted by molar-refractivity contribution is 6.30. The van der Waals surface area contributed by atoms with Crippen molar-refractivity contribution in [3.8, 4) is 22.3 Å². The van der Waals surface area contributed by atoms with Gasteiger partial charge in [-0.15, -0.1) is 0 Å². The number of halogens is 2. The summed E-state index contributed by atoms with van der Waals surface area (Å²) >= 11 is 5.90. The summed E-state index contributed by atoms with van der Waals surface area (Å²) in [4.78, 5) is 43.4. The molecule has 1 amide bonds. The van der Waals surface area contributed by atoms with Gasteiger partial charge in [0.25, 0.3) is 5.91 Å². The summed E-state index contributed by atoms with van der Waals surface area (Å²) in [6.45, 7) is 6.19. The number of aryl methyl sites for hydroxylation is 2. The van der Waals surface area contributed by atoms with E-state index in [1.54, 1.807) is 12.3 Å². The summed E-state index contributed by atoms with van der Waals surface area (Å²) in [7, 11) is 0. The van der Waals surface area contributed by atoms with E-state index >= 15 is 0 Å². The number of hydrogen-bond donors (Lipinski definition) is 0. The number of pyridine rings is 3. The highest BCUT2D eigenvalue weighted by Gasteiger charge is 2.52. The van der Waals surface area contributed by atoms with E-state index in [0.717, 1.165) is 91.1 Å². The van der Waals surface area contributed by atoms with Gasteiger partial charge >= 0.3 is 5.76 Å². The van der Waals surface area contributed by atoms with E-state index in [-0.39, 0.29) is 23.2 Å². The third kappa shape index (κ3) is 5.13. The maximum absolute atomic E-state index is 14.7. The lowest BCUT2D eigenvalue weighted by Crippen LogP contribution is -2.35. The minimum atomic E-state index is -0.635. The Morgan fingerprint density at radius 3 is 2.62 bits per heavy atom. The van der Waals surface area contributed by atoms with Gasteiger partial charge in [0, 0.05) is 54.7 Å². The first-order chi connectivity index (χ1) is 23.2. The molecule has 2 fully saturated rings. The maximum Gasteiger partial charge on any atom is 0.420 e. The lowest BCUT2D eigenvalue weighted by Gasteiger charge is -2.28. The van der Waals surface area contributed by atoms with Crippen molar-refractivity contribution in [2.24, 2.45) is 5.92 Å². The normalized spacial score (nSPS) is 19.3. The molecule has 48 heavy (non-hydrogen) atoms. The molecule has 246 valence electrons. The quantitative estimate of drug-likeness (QED) is 0.183. The smallest absolute Gasteiger partial charge is 0.408 e. The predicted octanol–water partition coefficient (Wildman–Crippen LogP) is 7.09. The lowest BCUT2D eigenvalue weighted by molar-refractivity contribution is 0.0639. The number of aromatic nitrogens is 4. The van der Waals surface area contributed by atoms with Crippen molar-refractivity contribution in [3.63, 3.8) is 0 Å².